The standard InChI is InChI=1S/C13H14BrNO4S/c1-9-2-4-11(19-9)7-15-20(17,18)13-6-10(8-16)3-5-12(13)14/h2-6,15-16H,7-8H2,1H3. The third-order valence-corrected chi connectivity index (χ3v) is 5.10. The van der Waals surface area contributed by atoms with Crippen LogP contribution in [0.5, 0.6) is 0 Å². The third-order valence-electron chi connectivity index (χ3n) is 2.70. The smallest absolute Gasteiger partial charge is 0.242 e. The number of furan rings is 1. The molecule has 0 amide bonds. The average Bonchev–Trinajstić information content (AvgIpc) is 2.83. The Bertz CT molecular complexity index is 709. The quantitative estimate of drug-likeness (QED) is 0.858. The molecule has 1 aromatic carbocycles. The van der Waals surface area contributed by atoms with Gasteiger partial charge in [0, 0.05) is 4.47 Å². The Balaban J connectivity index is 2.21. The van der Waals surface area contributed by atoms with Gasteiger partial charge in [0.1, 0.15) is 11.5 Å². The van der Waals surface area contributed by atoms with E-state index in [9.17, 15) is 8.42 Å². The molecule has 0 unspecified atom stereocenters. The fourth-order valence-electron chi connectivity index (χ4n) is 1.68. The molecule has 0 atom stereocenters. The van der Waals surface area contributed by atoms with Crippen molar-refractivity contribution in [3.05, 3.63) is 51.9 Å². The minimum atomic E-state index is -3.68. The van der Waals surface area contributed by atoms with Crippen molar-refractivity contribution < 1.29 is 17.9 Å². The Labute approximate surface area is 125 Å². The summed E-state index contributed by atoms with van der Waals surface area (Å²) in [7, 11) is -3.68. The Morgan fingerprint density at radius 3 is 2.65 bits per heavy atom. The van der Waals surface area contributed by atoms with E-state index >= 15 is 0 Å². The van der Waals surface area contributed by atoms with Crippen LogP contribution in [0, 0.1) is 6.92 Å². The number of sulfonamides is 1. The van der Waals surface area contributed by atoms with Gasteiger partial charge in [0.25, 0.3) is 0 Å². The molecule has 5 nitrogen and oxygen atoms in total. The minimum absolute atomic E-state index is 0.0754. The first-order valence-corrected chi connectivity index (χ1v) is 8.14. The second-order valence-corrected chi connectivity index (χ2v) is 6.85. The van der Waals surface area contributed by atoms with Crippen molar-refractivity contribution in [2.75, 3.05) is 0 Å². The molecule has 108 valence electrons. The van der Waals surface area contributed by atoms with E-state index in [0.29, 0.717) is 15.8 Å². The van der Waals surface area contributed by atoms with E-state index in [2.05, 4.69) is 20.7 Å². The molecule has 20 heavy (non-hydrogen) atoms. The number of aryl methyl sites for hydroxylation is 1. The van der Waals surface area contributed by atoms with E-state index in [-0.39, 0.29) is 18.0 Å². The van der Waals surface area contributed by atoms with Crippen molar-refractivity contribution in [1.29, 1.82) is 0 Å². The van der Waals surface area contributed by atoms with Crippen LogP contribution >= 0.6 is 15.9 Å². The van der Waals surface area contributed by atoms with Crippen LogP contribution in [0.2, 0.25) is 0 Å². The van der Waals surface area contributed by atoms with E-state index in [4.69, 9.17) is 9.52 Å². The summed E-state index contributed by atoms with van der Waals surface area (Å²) >= 11 is 3.20. The Morgan fingerprint density at radius 2 is 2.05 bits per heavy atom. The summed E-state index contributed by atoms with van der Waals surface area (Å²) in [5.41, 5.74) is 0.530. The highest BCUT2D eigenvalue weighted by atomic mass is 79.9. The van der Waals surface area contributed by atoms with E-state index in [0.717, 1.165) is 5.76 Å². The minimum Gasteiger partial charge on any atom is -0.465 e. The zero-order chi connectivity index (χ0) is 14.8. The molecule has 0 bridgehead atoms. The number of aliphatic hydroxyl groups is 1. The molecule has 1 aromatic heterocycles. The molecular formula is C13H14BrNO4S. The first-order valence-electron chi connectivity index (χ1n) is 5.86. The van der Waals surface area contributed by atoms with Gasteiger partial charge in [-0.25, -0.2) is 13.1 Å². The van der Waals surface area contributed by atoms with Crippen LogP contribution in [0.25, 0.3) is 0 Å². The molecule has 0 spiro atoms. The number of hydrogen-bond donors (Lipinski definition) is 2. The maximum absolute atomic E-state index is 12.2. The maximum Gasteiger partial charge on any atom is 0.242 e. The first-order chi connectivity index (χ1) is 9.42. The molecule has 2 N–H and O–H groups in total. The SMILES string of the molecule is Cc1ccc(CNS(=O)(=O)c2cc(CO)ccc2Br)o1. The van der Waals surface area contributed by atoms with E-state index in [1.165, 1.54) is 6.07 Å². The summed E-state index contributed by atoms with van der Waals surface area (Å²) in [5.74, 6) is 1.27. The van der Waals surface area contributed by atoms with Gasteiger partial charge in [0.15, 0.2) is 0 Å². The molecule has 0 fully saturated rings. The summed E-state index contributed by atoms with van der Waals surface area (Å²) in [6, 6.07) is 8.17. The number of nitrogens with one attached hydrogen (secondary N) is 1. The van der Waals surface area contributed by atoms with E-state index < -0.39 is 10.0 Å². The molecule has 0 radical (unpaired) electrons. The topological polar surface area (TPSA) is 79.5 Å². The molecule has 0 saturated heterocycles. The predicted molar refractivity (Wildman–Crippen MR) is 77.5 cm³/mol. The van der Waals surface area contributed by atoms with Crippen molar-refractivity contribution in [3.8, 4) is 0 Å². The molecule has 0 saturated carbocycles. The van der Waals surface area contributed by atoms with Crippen LogP contribution < -0.4 is 4.72 Å². The number of aliphatic hydroxyl groups excluding tert-OH is 1. The van der Waals surface area contributed by atoms with Crippen LogP contribution in [0.4, 0.5) is 0 Å². The third kappa shape index (κ3) is 3.49. The lowest BCUT2D eigenvalue weighted by Crippen LogP contribution is -2.23. The Morgan fingerprint density at radius 1 is 1.30 bits per heavy atom. The van der Waals surface area contributed by atoms with Crippen molar-refractivity contribution >= 4 is 26.0 Å². The van der Waals surface area contributed by atoms with Crippen molar-refractivity contribution in [2.24, 2.45) is 0 Å². The van der Waals surface area contributed by atoms with Crippen LogP contribution in [0.1, 0.15) is 17.1 Å². The number of halogens is 1. The highest BCUT2D eigenvalue weighted by molar-refractivity contribution is 9.10. The zero-order valence-electron chi connectivity index (χ0n) is 10.8. The van der Waals surface area contributed by atoms with Gasteiger partial charge in [-0.2, -0.15) is 0 Å². The average molecular weight is 360 g/mol. The summed E-state index contributed by atoms with van der Waals surface area (Å²) in [5, 5.41) is 9.08. The van der Waals surface area contributed by atoms with Crippen molar-refractivity contribution in [2.45, 2.75) is 25.0 Å². The van der Waals surface area contributed by atoms with Gasteiger partial charge in [-0.15, -0.1) is 0 Å². The van der Waals surface area contributed by atoms with Crippen LogP contribution in [-0.2, 0) is 23.2 Å². The van der Waals surface area contributed by atoms with Crippen molar-refractivity contribution in [1.82, 2.24) is 4.72 Å². The lowest BCUT2D eigenvalue weighted by molar-refractivity contribution is 0.281. The maximum atomic E-state index is 12.2. The molecule has 1 heterocycles. The fourth-order valence-corrected chi connectivity index (χ4v) is 3.68. The van der Waals surface area contributed by atoms with Gasteiger partial charge in [-0.1, -0.05) is 6.07 Å². The molecular weight excluding hydrogens is 346 g/mol. The predicted octanol–water partition coefficient (Wildman–Crippen LogP) is 2.32. The largest absolute Gasteiger partial charge is 0.465 e. The monoisotopic (exact) mass is 359 g/mol. The van der Waals surface area contributed by atoms with Gasteiger partial charge in [0.05, 0.1) is 18.0 Å². The molecule has 7 heteroatoms. The van der Waals surface area contributed by atoms with E-state index in [1.807, 2.05) is 0 Å². The number of benzene rings is 1. The molecule has 2 rings (SSSR count). The number of hydrogen-bond acceptors (Lipinski definition) is 4. The summed E-state index contributed by atoms with van der Waals surface area (Å²) in [4.78, 5) is 0.0901. The fraction of sp³-hybridized carbons (Fsp3) is 0.231. The van der Waals surface area contributed by atoms with Crippen LogP contribution in [0.3, 0.4) is 0 Å². The van der Waals surface area contributed by atoms with Crippen molar-refractivity contribution in [3.63, 3.8) is 0 Å². The lowest BCUT2D eigenvalue weighted by atomic mass is 10.2. The van der Waals surface area contributed by atoms with Gasteiger partial charge < -0.3 is 9.52 Å². The van der Waals surface area contributed by atoms with Crippen LogP contribution in [-0.4, -0.2) is 13.5 Å². The summed E-state index contributed by atoms with van der Waals surface area (Å²) in [6.07, 6.45) is 0. The van der Waals surface area contributed by atoms with Gasteiger partial charge in [0.2, 0.25) is 10.0 Å². The summed E-state index contributed by atoms with van der Waals surface area (Å²) in [6.45, 7) is 1.65. The highest BCUT2D eigenvalue weighted by Gasteiger charge is 2.18. The Hall–Kier alpha value is -1.15. The number of rotatable bonds is 5. The summed E-state index contributed by atoms with van der Waals surface area (Å²) < 4.78 is 32.7. The lowest BCUT2D eigenvalue weighted by Gasteiger charge is -2.09. The molecule has 0 aliphatic rings. The first kappa shape index (κ1) is 15.2. The molecule has 0 aliphatic heterocycles. The second kappa shape index (κ2) is 6.09. The highest BCUT2D eigenvalue weighted by Crippen LogP contribution is 2.23. The van der Waals surface area contributed by atoms with Gasteiger partial charge in [-0.05, 0) is 52.7 Å². The van der Waals surface area contributed by atoms with Crippen LogP contribution in [0.15, 0.2) is 44.1 Å². The van der Waals surface area contributed by atoms with E-state index in [1.54, 1.807) is 31.2 Å². The normalized spacial score (nSPS) is 11.8. The molecule has 2 aromatic rings. The zero-order valence-corrected chi connectivity index (χ0v) is 13.2. The van der Waals surface area contributed by atoms with Gasteiger partial charge >= 0.3 is 0 Å². The second-order valence-electron chi connectivity index (χ2n) is 4.26. The molecule has 0 aliphatic carbocycles. The Kier molecular flexibility index (Phi) is 4.64. The van der Waals surface area contributed by atoms with Gasteiger partial charge in [-0.3, -0.25) is 0 Å².